The van der Waals surface area contributed by atoms with E-state index in [9.17, 15) is 14.4 Å². The second kappa shape index (κ2) is 5.32. The monoisotopic (exact) mass is 283 g/mol. The van der Waals surface area contributed by atoms with Crippen LogP contribution in [0.2, 0.25) is 0 Å². The first-order valence-corrected chi connectivity index (χ1v) is 6.63. The zero-order valence-corrected chi connectivity index (χ0v) is 11.1. The van der Waals surface area contributed by atoms with Gasteiger partial charge < -0.3 is 5.32 Å². The van der Waals surface area contributed by atoms with E-state index < -0.39 is 17.9 Å². The number of amides is 3. The van der Waals surface area contributed by atoms with E-state index in [0.29, 0.717) is 6.42 Å². The molecule has 0 saturated carbocycles. The molecule has 106 valence electrons. The fourth-order valence-corrected chi connectivity index (χ4v) is 2.36. The van der Waals surface area contributed by atoms with Crippen LogP contribution in [-0.2, 0) is 9.59 Å². The first-order chi connectivity index (χ1) is 10.1. The minimum Gasteiger partial charge on any atom is -0.339 e. The third-order valence-corrected chi connectivity index (χ3v) is 3.43. The van der Waals surface area contributed by atoms with Gasteiger partial charge in [0.25, 0.3) is 5.91 Å². The first-order valence-electron chi connectivity index (χ1n) is 6.63. The molecule has 1 saturated heterocycles. The number of piperidine rings is 1. The Bertz CT molecular complexity index is 737. The molecule has 6 heteroatoms. The number of carbonyl (C=O) groups excluding carboxylic acids is 3. The van der Waals surface area contributed by atoms with Crippen molar-refractivity contribution in [3.63, 3.8) is 0 Å². The summed E-state index contributed by atoms with van der Waals surface area (Å²) >= 11 is 0. The predicted molar refractivity (Wildman–Crippen MR) is 75.4 cm³/mol. The van der Waals surface area contributed by atoms with Crippen molar-refractivity contribution < 1.29 is 14.4 Å². The molecular weight excluding hydrogens is 270 g/mol. The van der Waals surface area contributed by atoms with Gasteiger partial charge in [0.15, 0.2) is 0 Å². The number of rotatable bonds is 2. The maximum atomic E-state index is 12.3. The molecule has 2 N–H and O–H groups in total. The molecule has 6 nitrogen and oxygen atoms in total. The highest BCUT2D eigenvalue weighted by atomic mass is 16.2. The lowest BCUT2D eigenvalue weighted by Gasteiger charge is -2.21. The van der Waals surface area contributed by atoms with Crippen molar-refractivity contribution in [2.24, 2.45) is 0 Å². The van der Waals surface area contributed by atoms with Gasteiger partial charge in [-0.15, -0.1) is 0 Å². The zero-order chi connectivity index (χ0) is 14.8. The number of imide groups is 1. The molecule has 1 aromatic carbocycles. The molecular formula is C15H13N3O3. The molecule has 3 amide bonds. The average Bonchev–Trinajstić information content (AvgIpc) is 2.49. The zero-order valence-electron chi connectivity index (χ0n) is 11.1. The summed E-state index contributed by atoms with van der Waals surface area (Å²) in [6.07, 6.45) is 2.09. The van der Waals surface area contributed by atoms with Gasteiger partial charge >= 0.3 is 0 Å². The molecule has 1 atom stereocenters. The largest absolute Gasteiger partial charge is 0.339 e. The molecule has 0 spiro atoms. The molecule has 3 rings (SSSR count). The topological polar surface area (TPSA) is 88.2 Å². The van der Waals surface area contributed by atoms with Gasteiger partial charge in [-0.1, -0.05) is 24.3 Å². The Labute approximate surface area is 120 Å². The van der Waals surface area contributed by atoms with Gasteiger partial charge in [-0.05, 0) is 17.9 Å². The van der Waals surface area contributed by atoms with Crippen LogP contribution in [0.3, 0.4) is 0 Å². The van der Waals surface area contributed by atoms with Gasteiger partial charge in [0.05, 0.1) is 0 Å². The molecule has 1 aromatic heterocycles. The Hall–Kier alpha value is -2.76. The maximum absolute atomic E-state index is 12.3. The minimum atomic E-state index is -0.698. The fraction of sp³-hybridized carbons (Fsp3) is 0.200. The van der Waals surface area contributed by atoms with Crippen LogP contribution >= 0.6 is 0 Å². The number of hydrogen-bond donors (Lipinski definition) is 2. The van der Waals surface area contributed by atoms with Crippen molar-refractivity contribution in [3.05, 3.63) is 42.2 Å². The Kier molecular flexibility index (Phi) is 3.35. The van der Waals surface area contributed by atoms with Crippen LogP contribution in [0.4, 0.5) is 0 Å². The van der Waals surface area contributed by atoms with E-state index in [1.165, 1.54) is 0 Å². The summed E-state index contributed by atoms with van der Waals surface area (Å²) in [5.74, 6) is -1.20. The summed E-state index contributed by atoms with van der Waals surface area (Å²) in [6, 6.07) is 8.52. The molecule has 2 heterocycles. The van der Waals surface area contributed by atoms with Gasteiger partial charge in [0.1, 0.15) is 11.7 Å². The summed E-state index contributed by atoms with van der Waals surface area (Å²) in [7, 11) is 0. The molecule has 1 aliphatic heterocycles. The average molecular weight is 283 g/mol. The number of carbonyl (C=O) groups is 3. The van der Waals surface area contributed by atoms with E-state index >= 15 is 0 Å². The Morgan fingerprint density at radius 2 is 2.05 bits per heavy atom. The van der Waals surface area contributed by atoms with Crippen LogP contribution in [-0.4, -0.2) is 28.7 Å². The third-order valence-electron chi connectivity index (χ3n) is 3.43. The molecule has 1 fully saturated rings. The smallest absolute Gasteiger partial charge is 0.271 e. The summed E-state index contributed by atoms with van der Waals surface area (Å²) < 4.78 is 0. The molecule has 1 unspecified atom stereocenters. The Balaban J connectivity index is 1.84. The summed E-state index contributed by atoms with van der Waals surface area (Å²) in [5, 5.41) is 6.47. The fourth-order valence-electron chi connectivity index (χ4n) is 2.36. The molecule has 2 aromatic rings. The van der Waals surface area contributed by atoms with Crippen molar-refractivity contribution in [3.8, 4) is 0 Å². The predicted octanol–water partition coefficient (Wildman–Crippen LogP) is 0.770. The van der Waals surface area contributed by atoms with Crippen LogP contribution in [0.5, 0.6) is 0 Å². The van der Waals surface area contributed by atoms with Crippen LogP contribution in [0.15, 0.2) is 36.5 Å². The van der Waals surface area contributed by atoms with Gasteiger partial charge in [0.2, 0.25) is 11.8 Å². The molecule has 0 aliphatic carbocycles. The van der Waals surface area contributed by atoms with Gasteiger partial charge in [-0.2, -0.15) is 0 Å². The highest BCUT2D eigenvalue weighted by Crippen LogP contribution is 2.16. The van der Waals surface area contributed by atoms with E-state index in [-0.39, 0.29) is 18.0 Å². The van der Waals surface area contributed by atoms with Crippen molar-refractivity contribution in [1.29, 1.82) is 0 Å². The quantitative estimate of drug-likeness (QED) is 0.797. The van der Waals surface area contributed by atoms with Gasteiger partial charge in [-0.25, -0.2) is 0 Å². The Morgan fingerprint density at radius 1 is 1.24 bits per heavy atom. The van der Waals surface area contributed by atoms with Crippen LogP contribution in [0, 0.1) is 0 Å². The normalized spacial score (nSPS) is 18.4. The molecule has 1 aliphatic rings. The second-order valence-corrected chi connectivity index (χ2v) is 4.86. The summed E-state index contributed by atoms with van der Waals surface area (Å²) in [5.41, 5.74) is 0.276. The number of hydrogen-bond acceptors (Lipinski definition) is 4. The van der Waals surface area contributed by atoms with Crippen LogP contribution in [0.1, 0.15) is 23.3 Å². The number of nitrogens with one attached hydrogen (secondary N) is 2. The highest BCUT2D eigenvalue weighted by Gasteiger charge is 2.28. The standard InChI is InChI=1S/C15H13N3O3/c19-12-6-5-11(14(20)18-12)17-15(21)13-10-4-2-1-3-9(10)7-8-16-13/h1-4,7-8,11H,5-6H2,(H,17,21)(H,18,19,20). The summed E-state index contributed by atoms with van der Waals surface area (Å²) in [4.78, 5) is 39.2. The maximum Gasteiger partial charge on any atom is 0.271 e. The van der Waals surface area contributed by atoms with Crippen molar-refractivity contribution in [2.45, 2.75) is 18.9 Å². The molecule has 21 heavy (non-hydrogen) atoms. The SMILES string of the molecule is O=C1CCC(NC(=O)c2nccc3ccccc23)C(=O)N1. The van der Waals surface area contributed by atoms with E-state index in [4.69, 9.17) is 0 Å². The van der Waals surface area contributed by atoms with E-state index in [1.54, 1.807) is 6.20 Å². The molecule has 0 bridgehead atoms. The van der Waals surface area contributed by atoms with Crippen molar-refractivity contribution in [1.82, 2.24) is 15.6 Å². The van der Waals surface area contributed by atoms with E-state index in [2.05, 4.69) is 15.6 Å². The van der Waals surface area contributed by atoms with Crippen molar-refractivity contribution in [2.75, 3.05) is 0 Å². The number of benzene rings is 1. The van der Waals surface area contributed by atoms with E-state index in [1.807, 2.05) is 30.3 Å². The van der Waals surface area contributed by atoms with E-state index in [0.717, 1.165) is 10.8 Å². The third kappa shape index (κ3) is 2.60. The highest BCUT2D eigenvalue weighted by molar-refractivity contribution is 6.08. The molecule has 0 radical (unpaired) electrons. The van der Waals surface area contributed by atoms with Crippen LogP contribution in [0.25, 0.3) is 10.8 Å². The lowest BCUT2D eigenvalue weighted by atomic mass is 10.1. The minimum absolute atomic E-state index is 0.222. The number of pyridine rings is 1. The lowest BCUT2D eigenvalue weighted by Crippen LogP contribution is -2.52. The van der Waals surface area contributed by atoms with Crippen LogP contribution < -0.4 is 10.6 Å². The van der Waals surface area contributed by atoms with Gasteiger partial charge in [0, 0.05) is 18.0 Å². The number of aromatic nitrogens is 1. The van der Waals surface area contributed by atoms with Gasteiger partial charge in [-0.3, -0.25) is 24.7 Å². The number of nitrogens with zero attached hydrogens (tertiary/aromatic N) is 1. The lowest BCUT2D eigenvalue weighted by molar-refractivity contribution is -0.134. The second-order valence-electron chi connectivity index (χ2n) is 4.86. The number of fused-ring (bicyclic) bond motifs is 1. The van der Waals surface area contributed by atoms with Crippen molar-refractivity contribution >= 4 is 28.5 Å². The summed E-state index contributed by atoms with van der Waals surface area (Å²) in [6.45, 7) is 0. The first kappa shape index (κ1) is 13.2. The Morgan fingerprint density at radius 3 is 2.86 bits per heavy atom.